The second-order valence-electron chi connectivity index (χ2n) is 4.87. The molecule has 106 valence electrons. The van der Waals surface area contributed by atoms with Crippen LogP contribution in [0.4, 0.5) is 0 Å². The number of hydrogen-bond donors (Lipinski definition) is 2. The minimum Gasteiger partial charge on any atom is -0.391 e. The molecule has 2 saturated heterocycles. The Kier molecular flexibility index (Phi) is 5.81. The van der Waals surface area contributed by atoms with Crippen LogP contribution in [0, 0.1) is 0 Å². The summed E-state index contributed by atoms with van der Waals surface area (Å²) in [4.78, 5) is 0. The quantitative estimate of drug-likeness (QED) is 0.480. The number of hydrogen-bond acceptors (Lipinski definition) is 6. The first-order valence-electron chi connectivity index (χ1n) is 6.49. The fourth-order valence-electron chi connectivity index (χ4n) is 1.55. The van der Waals surface area contributed by atoms with Crippen LogP contribution >= 0.6 is 0 Å². The molecule has 2 heterocycles. The van der Waals surface area contributed by atoms with Crippen molar-refractivity contribution in [1.82, 2.24) is 0 Å². The maximum absolute atomic E-state index is 9.62. The largest absolute Gasteiger partial charge is 0.391 e. The van der Waals surface area contributed by atoms with Gasteiger partial charge in [-0.25, -0.2) is 0 Å². The van der Waals surface area contributed by atoms with Crippen molar-refractivity contribution in [3.05, 3.63) is 0 Å². The minimum atomic E-state index is -0.537. The van der Waals surface area contributed by atoms with Gasteiger partial charge in [-0.2, -0.15) is 0 Å². The fourth-order valence-corrected chi connectivity index (χ4v) is 1.55. The summed E-state index contributed by atoms with van der Waals surface area (Å²) < 4.78 is 20.5. The number of ether oxygens (including phenoxy) is 4. The van der Waals surface area contributed by atoms with Crippen molar-refractivity contribution >= 4 is 0 Å². The van der Waals surface area contributed by atoms with Crippen molar-refractivity contribution < 1.29 is 29.2 Å². The lowest BCUT2D eigenvalue weighted by atomic mass is 10.1. The summed E-state index contributed by atoms with van der Waals surface area (Å²) in [5.74, 6) is 0. The highest BCUT2D eigenvalue weighted by molar-refractivity contribution is 4.69. The van der Waals surface area contributed by atoms with Crippen molar-refractivity contribution in [3.8, 4) is 0 Å². The normalized spacial score (nSPS) is 29.0. The molecule has 6 heteroatoms. The van der Waals surface area contributed by atoms with Crippen molar-refractivity contribution in [3.63, 3.8) is 0 Å². The molecule has 6 nitrogen and oxygen atoms in total. The third-order valence-electron chi connectivity index (χ3n) is 2.87. The summed E-state index contributed by atoms with van der Waals surface area (Å²) in [5, 5.41) is 19.2. The van der Waals surface area contributed by atoms with Gasteiger partial charge in [-0.05, 0) is 12.8 Å². The molecule has 2 N–H and O–H groups in total. The van der Waals surface area contributed by atoms with Gasteiger partial charge in [-0.1, -0.05) is 0 Å². The summed E-state index contributed by atoms with van der Waals surface area (Å²) >= 11 is 0. The molecule has 0 spiro atoms. The molecular weight excluding hydrogens is 240 g/mol. The van der Waals surface area contributed by atoms with Gasteiger partial charge >= 0.3 is 0 Å². The number of epoxide rings is 2. The monoisotopic (exact) mass is 262 g/mol. The molecule has 2 aliphatic rings. The SMILES string of the molecule is OC(CCC(O)COCC1CO1)COCC1CO1. The minimum absolute atomic E-state index is 0.223. The second-order valence-corrected chi connectivity index (χ2v) is 4.87. The Morgan fingerprint density at radius 3 is 1.61 bits per heavy atom. The second kappa shape index (κ2) is 7.37. The van der Waals surface area contributed by atoms with Crippen LogP contribution in [0.25, 0.3) is 0 Å². The van der Waals surface area contributed by atoms with Crippen LogP contribution in [-0.4, -0.2) is 74.3 Å². The van der Waals surface area contributed by atoms with Gasteiger partial charge < -0.3 is 29.2 Å². The van der Waals surface area contributed by atoms with Crippen LogP contribution in [0.5, 0.6) is 0 Å². The van der Waals surface area contributed by atoms with Crippen LogP contribution in [-0.2, 0) is 18.9 Å². The van der Waals surface area contributed by atoms with E-state index in [9.17, 15) is 10.2 Å². The van der Waals surface area contributed by atoms with Crippen molar-refractivity contribution in [2.24, 2.45) is 0 Å². The Bertz CT molecular complexity index is 205. The maximum atomic E-state index is 9.62. The molecule has 0 saturated carbocycles. The van der Waals surface area contributed by atoms with Gasteiger partial charge in [-0.3, -0.25) is 0 Å². The van der Waals surface area contributed by atoms with E-state index in [4.69, 9.17) is 18.9 Å². The lowest BCUT2D eigenvalue weighted by Gasteiger charge is -2.14. The molecule has 2 aliphatic heterocycles. The zero-order valence-electron chi connectivity index (χ0n) is 10.5. The first-order chi connectivity index (χ1) is 8.74. The smallest absolute Gasteiger partial charge is 0.104 e. The van der Waals surface area contributed by atoms with Crippen molar-refractivity contribution in [2.75, 3.05) is 39.6 Å². The van der Waals surface area contributed by atoms with Crippen molar-refractivity contribution in [2.45, 2.75) is 37.3 Å². The summed E-state index contributed by atoms with van der Waals surface area (Å²) in [6, 6.07) is 0. The highest BCUT2D eigenvalue weighted by atomic mass is 16.6. The highest BCUT2D eigenvalue weighted by Crippen LogP contribution is 2.11. The van der Waals surface area contributed by atoms with E-state index in [1.54, 1.807) is 0 Å². The van der Waals surface area contributed by atoms with Gasteiger partial charge in [0.1, 0.15) is 12.2 Å². The molecule has 0 aromatic carbocycles. The molecule has 0 amide bonds. The van der Waals surface area contributed by atoms with E-state index in [0.29, 0.717) is 39.3 Å². The highest BCUT2D eigenvalue weighted by Gasteiger charge is 2.23. The first kappa shape index (κ1) is 14.2. The van der Waals surface area contributed by atoms with E-state index < -0.39 is 12.2 Å². The Morgan fingerprint density at radius 2 is 1.28 bits per heavy atom. The predicted molar refractivity (Wildman–Crippen MR) is 62.4 cm³/mol. The van der Waals surface area contributed by atoms with E-state index in [-0.39, 0.29) is 12.2 Å². The molecular formula is C12H22O6. The van der Waals surface area contributed by atoms with Gasteiger partial charge in [0, 0.05) is 0 Å². The Hall–Kier alpha value is -0.240. The van der Waals surface area contributed by atoms with Crippen LogP contribution < -0.4 is 0 Å². The predicted octanol–water partition coefficient (Wildman–Crippen LogP) is -0.681. The summed E-state index contributed by atoms with van der Waals surface area (Å²) in [6.07, 6.45) is 0.392. The summed E-state index contributed by atoms with van der Waals surface area (Å²) in [6.45, 7) is 3.20. The molecule has 0 radical (unpaired) electrons. The zero-order chi connectivity index (χ0) is 12.8. The van der Waals surface area contributed by atoms with E-state index in [1.807, 2.05) is 0 Å². The third kappa shape index (κ3) is 6.63. The van der Waals surface area contributed by atoms with Crippen LogP contribution in [0.3, 0.4) is 0 Å². The van der Waals surface area contributed by atoms with E-state index in [0.717, 1.165) is 13.2 Å². The molecule has 4 atom stereocenters. The number of aliphatic hydroxyl groups is 2. The Labute approximate surface area is 107 Å². The van der Waals surface area contributed by atoms with Gasteiger partial charge in [0.15, 0.2) is 0 Å². The van der Waals surface area contributed by atoms with E-state index in [2.05, 4.69) is 0 Å². The molecule has 0 aromatic heterocycles. The molecule has 4 unspecified atom stereocenters. The van der Waals surface area contributed by atoms with E-state index >= 15 is 0 Å². The van der Waals surface area contributed by atoms with Crippen LogP contribution in [0.2, 0.25) is 0 Å². The topological polar surface area (TPSA) is 84.0 Å². The lowest BCUT2D eigenvalue weighted by molar-refractivity contribution is -0.000173. The molecule has 2 fully saturated rings. The van der Waals surface area contributed by atoms with Crippen LogP contribution in [0.15, 0.2) is 0 Å². The van der Waals surface area contributed by atoms with Gasteiger partial charge in [0.25, 0.3) is 0 Å². The van der Waals surface area contributed by atoms with Gasteiger partial charge in [0.05, 0.1) is 51.8 Å². The average Bonchev–Trinajstić information content (AvgIpc) is 3.20. The summed E-state index contributed by atoms with van der Waals surface area (Å²) in [7, 11) is 0. The lowest BCUT2D eigenvalue weighted by Crippen LogP contribution is -2.22. The standard InChI is InChI=1S/C12H22O6/c13-9(3-15-5-11-7-17-11)1-2-10(14)4-16-6-12-8-18-12/h9-14H,1-8H2. The number of aliphatic hydroxyl groups excluding tert-OH is 2. The third-order valence-corrected chi connectivity index (χ3v) is 2.87. The van der Waals surface area contributed by atoms with Crippen LogP contribution in [0.1, 0.15) is 12.8 Å². The zero-order valence-corrected chi connectivity index (χ0v) is 10.5. The van der Waals surface area contributed by atoms with E-state index in [1.165, 1.54) is 0 Å². The fraction of sp³-hybridized carbons (Fsp3) is 1.00. The Morgan fingerprint density at radius 1 is 0.889 bits per heavy atom. The molecule has 0 aliphatic carbocycles. The summed E-state index contributed by atoms with van der Waals surface area (Å²) in [5.41, 5.74) is 0. The maximum Gasteiger partial charge on any atom is 0.104 e. The van der Waals surface area contributed by atoms with Gasteiger partial charge in [0.2, 0.25) is 0 Å². The average molecular weight is 262 g/mol. The van der Waals surface area contributed by atoms with Crippen molar-refractivity contribution in [1.29, 1.82) is 0 Å². The first-order valence-corrected chi connectivity index (χ1v) is 6.49. The van der Waals surface area contributed by atoms with Gasteiger partial charge in [-0.15, -0.1) is 0 Å². The molecule has 2 rings (SSSR count). The molecule has 0 bridgehead atoms. The molecule has 0 aromatic rings. The molecule has 18 heavy (non-hydrogen) atoms. The number of rotatable bonds is 11. The Balaban J connectivity index is 1.39.